The van der Waals surface area contributed by atoms with Gasteiger partial charge in [-0.15, -0.1) is 12.4 Å². The van der Waals surface area contributed by atoms with Crippen LogP contribution in [-0.2, 0) is 0 Å². The van der Waals surface area contributed by atoms with Crippen LogP contribution in [0.2, 0.25) is 10.0 Å². The topological polar surface area (TPSA) is 101 Å². The predicted molar refractivity (Wildman–Crippen MR) is 112 cm³/mol. The molecule has 5 nitrogen and oxygen atoms in total. The molecule has 2 aromatic rings. The molecule has 8 heteroatoms. The molecule has 0 unspecified atom stereocenters. The molecule has 2 rings (SSSR count). The summed E-state index contributed by atoms with van der Waals surface area (Å²) in [6.45, 7) is 0.491. The number of rotatable bonds is 6. The monoisotopic (exact) mass is 397 g/mol. The molecule has 0 spiro atoms. The molecule has 0 aliphatic carbocycles. The van der Waals surface area contributed by atoms with Gasteiger partial charge >= 0.3 is 0 Å². The summed E-state index contributed by atoms with van der Waals surface area (Å²) in [4.78, 5) is 8.40. The van der Waals surface area contributed by atoms with Crippen LogP contribution in [0.3, 0.4) is 0 Å². The van der Waals surface area contributed by atoms with Crippen molar-refractivity contribution in [1.29, 1.82) is 5.41 Å². The molecule has 25 heavy (non-hydrogen) atoms. The lowest BCUT2D eigenvalue weighted by Crippen LogP contribution is -2.06. The molecule has 0 radical (unpaired) electrons. The van der Waals surface area contributed by atoms with Crippen molar-refractivity contribution in [3.8, 4) is 0 Å². The quantitative estimate of drug-likeness (QED) is 0.503. The van der Waals surface area contributed by atoms with E-state index in [0.717, 1.165) is 11.1 Å². The van der Waals surface area contributed by atoms with Crippen molar-refractivity contribution in [2.75, 3.05) is 24.6 Å². The van der Waals surface area contributed by atoms with Crippen LogP contribution in [0.4, 0.5) is 11.4 Å². The van der Waals surface area contributed by atoms with Gasteiger partial charge in [0.15, 0.2) is 0 Å². The number of nitrogens with zero attached hydrogens (tertiary/aromatic N) is 2. The van der Waals surface area contributed by atoms with E-state index in [1.165, 1.54) is 0 Å². The maximum absolute atomic E-state index is 7.86. The predicted octanol–water partition coefficient (Wildman–Crippen LogP) is 4.14. The number of halogens is 3. The first kappa shape index (κ1) is 21.0. The van der Waals surface area contributed by atoms with Gasteiger partial charge in [-0.1, -0.05) is 23.2 Å². The zero-order valence-corrected chi connectivity index (χ0v) is 15.6. The van der Waals surface area contributed by atoms with Gasteiger partial charge in [0.1, 0.15) is 0 Å². The van der Waals surface area contributed by atoms with Gasteiger partial charge in [0.25, 0.3) is 0 Å². The molecule has 0 aliphatic heterocycles. The molecule has 0 bridgehead atoms. The van der Waals surface area contributed by atoms with Gasteiger partial charge in [-0.2, -0.15) is 0 Å². The normalized spacial score (nSPS) is 11.0. The Balaban J connectivity index is 0.00000312. The minimum absolute atomic E-state index is 0. The number of hydrogen-bond donors (Lipinski definition) is 3. The van der Waals surface area contributed by atoms with Crippen molar-refractivity contribution < 1.29 is 0 Å². The first-order chi connectivity index (χ1) is 11.5. The summed E-state index contributed by atoms with van der Waals surface area (Å²) in [5.41, 5.74) is 14.7. The molecule has 0 atom stereocenters. The molecule has 0 aromatic heterocycles. The summed E-state index contributed by atoms with van der Waals surface area (Å²) in [7, 11) is 0. The molecule has 0 amide bonds. The molecule has 132 valence electrons. The minimum Gasteiger partial charge on any atom is -0.398 e. The number of anilines is 2. The Kier molecular flexibility index (Phi) is 8.41. The fraction of sp³-hybridized carbons (Fsp3) is 0.118. The number of nitrogens with two attached hydrogens (primary N) is 2. The Bertz CT molecular complexity index is 737. The van der Waals surface area contributed by atoms with Crippen molar-refractivity contribution in [3.63, 3.8) is 0 Å². The molecular weight excluding hydrogens is 381 g/mol. The van der Waals surface area contributed by atoms with Gasteiger partial charge in [0.2, 0.25) is 0 Å². The highest BCUT2D eigenvalue weighted by Crippen LogP contribution is 2.17. The Morgan fingerprint density at radius 2 is 1.28 bits per heavy atom. The van der Waals surface area contributed by atoms with E-state index < -0.39 is 0 Å². The second-order valence-corrected chi connectivity index (χ2v) is 5.96. The molecule has 0 saturated carbocycles. The third-order valence-electron chi connectivity index (χ3n) is 3.12. The zero-order valence-electron chi connectivity index (χ0n) is 13.2. The second-order valence-electron chi connectivity index (χ2n) is 5.09. The lowest BCUT2D eigenvalue weighted by molar-refractivity contribution is 1.17. The third kappa shape index (κ3) is 6.74. The summed E-state index contributed by atoms with van der Waals surface area (Å²) in [5, 5.41) is 9.02. The van der Waals surface area contributed by atoms with Crippen LogP contribution in [0.5, 0.6) is 0 Å². The van der Waals surface area contributed by atoms with Crippen LogP contribution < -0.4 is 11.5 Å². The fourth-order valence-corrected chi connectivity index (χ4v) is 2.25. The average Bonchev–Trinajstić information content (AvgIpc) is 2.51. The number of nitrogen functional groups attached to an aromatic ring is 2. The highest BCUT2D eigenvalue weighted by atomic mass is 35.5. The van der Waals surface area contributed by atoms with Gasteiger partial charge in [-0.25, -0.2) is 0 Å². The van der Waals surface area contributed by atoms with Crippen LogP contribution in [-0.4, -0.2) is 31.2 Å². The SMILES string of the molecule is Cl.N=C(CN=Cc1ccc(Cl)cc1N)CN=Cc1ccc(Cl)cc1N. The van der Waals surface area contributed by atoms with Gasteiger partial charge in [-0.05, 0) is 36.4 Å². The highest BCUT2D eigenvalue weighted by molar-refractivity contribution is 6.31. The minimum atomic E-state index is 0. The van der Waals surface area contributed by atoms with E-state index in [2.05, 4.69) is 9.98 Å². The van der Waals surface area contributed by atoms with E-state index in [4.69, 9.17) is 40.1 Å². The number of aliphatic imine (C=N–C) groups is 2. The summed E-state index contributed by atoms with van der Waals surface area (Å²) < 4.78 is 0. The molecule has 0 aliphatic rings. The molecule has 0 saturated heterocycles. The number of benzene rings is 2. The summed E-state index contributed by atoms with van der Waals surface area (Å²) >= 11 is 11.7. The lowest BCUT2D eigenvalue weighted by atomic mass is 10.2. The standard InChI is InChI=1S/C17H17Cl2N5.ClH/c18-13-3-1-11(16(21)5-13)7-23-9-15(20)10-24-8-12-2-4-14(19)6-17(12)22;/h1-8,20H,9-10,21-22H2;1H. The van der Waals surface area contributed by atoms with E-state index in [0.29, 0.717) is 27.1 Å². The molecule has 0 heterocycles. The smallest absolute Gasteiger partial charge is 0.0784 e. The lowest BCUT2D eigenvalue weighted by Gasteiger charge is -2.01. The van der Waals surface area contributed by atoms with E-state index in [1.807, 2.05) is 0 Å². The maximum Gasteiger partial charge on any atom is 0.0784 e. The van der Waals surface area contributed by atoms with E-state index in [1.54, 1.807) is 48.8 Å². The van der Waals surface area contributed by atoms with Crippen molar-refractivity contribution in [2.24, 2.45) is 9.98 Å². The number of nitrogens with one attached hydrogen (secondary N) is 1. The summed E-state index contributed by atoms with van der Waals surface area (Å²) in [6, 6.07) is 10.4. The Labute approximate surface area is 162 Å². The van der Waals surface area contributed by atoms with Crippen LogP contribution in [0.1, 0.15) is 11.1 Å². The van der Waals surface area contributed by atoms with Crippen molar-refractivity contribution in [3.05, 3.63) is 57.6 Å². The van der Waals surface area contributed by atoms with Crippen LogP contribution in [0.25, 0.3) is 0 Å². The van der Waals surface area contributed by atoms with E-state index >= 15 is 0 Å². The van der Waals surface area contributed by atoms with Crippen molar-refractivity contribution >= 4 is 65.1 Å². The molecular formula is C17H18Cl3N5. The largest absolute Gasteiger partial charge is 0.398 e. The van der Waals surface area contributed by atoms with E-state index in [-0.39, 0.29) is 25.5 Å². The number of hydrogen-bond acceptors (Lipinski definition) is 5. The Morgan fingerprint density at radius 1 is 0.880 bits per heavy atom. The van der Waals surface area contributed by atoms with Crippen LogP contribution >= 0.6 is 35.6 Å². The Morgan fingerprint density at radius 3 is 1.64 bits per heavy atom. The van der Waals surface area contributed by atoms with E-state index in [9.17, 15) is 0 Å². The first-order valence-corrected chi connectivity index (χ1v) is 7.87. The summed E-state index contributed by atoms with van der Waals surface area (Å²) in [6.07, 6.45) is 3.25. The van der Waals surface area contributed by atoms with Crippen molar-refractivity contribution in [2.45, 2.75) is 0 Å². The fourth-order valence-electron chi connectivity index (χ4n) is 1.88. The maximum atomic E-state index is 7.86. The third-order valence-corrected chi connectivity index (χ3v) is 3.59. The van der Waals surface area contributed by atoms with Gasteiger partial charge in [0, 0.05) is 45.0 Å². The van der Waals surface area contributed by atoms with Gasteiger partial charge < -0.3 is 16.9 Å². The first-order valence-electron chi connectivity index (χ1n) is 7.11. The highest BCUT2D eigenvalue weighted by Gasteiger charge is 1.99. The van der Waals surface area contributed by atoms with Crippen molar-refractivity contribution in [1.82, 2.24) is 0 Å². The second kappa shape index (κ2) is 10.0. The van der Waals surface area contributed by atoms with Crippen LogP contribution in [0.15, 0.2) is 46.4 Å². The zero-order chi connectivity index (χ0) is 17.5. The van der Waals surface area contributed by atoms with Gasteiger partial charge in [-0.3, -0.25) is 9.98 Å². The Hall–Kier alpha value is -2.08. The summed E-state index contributed by atoms with van der Waals surface area (Å²) in [5.74, 6) is 0. The molecule has 0 fully saturated rings. The molecule has 5 N–H and O–H groups in total. The molecule has 2 aromatic carbocycles. The van der Waals surface area contributed by atoms with Crippen LogP contribution in [0, 0.1) is 5.41 Å². The average molecular weight is 399 g/mol. The van der Waals surface area contributed by atoms with Gasteiger partial charge in [0.05, 0.1) is 18.8 Å².